The molecule has 0 aliphatic heterocycles. The number of nitrogens with zero attached hydrogens (tertiary/aromatic N) is 1. The van der Waals surface area contributed by atoms with E-state index in [0.29, 0.717) is 17.4 Å². The number of carboxylic acid groups (broad SMARTS) is 1. The predicted molar refractivity (Wildman–Crippen MR) is 136 cm³/mol. The van der Waals surface area contributed by atoms with Crippen molar-refractivity contribution in [3.63, 3.8) is 0 Å². The summed E-state index contributed by atoms with van der Waals surface area (Å²) in [5.41, 5.74) is 0. The number of aliphatic carboxylic acids is 1. The van der Waals surface area contributed by atoms with Gasteiger partial charge in [-0.15, -0.1) is 0 Å². The van der Waals surface area contributed by atoms with Gasteiger partial charge < -0.3 is 19.1 Å². The lowest BCUT2D eigenvalue weighted by atomic mass is 9.98. The van der Waals surface area contributed by atoms with Gasteiger partial charge in [0, 0.05) is 18.8 Å². The summed E-state index contributed by atoms with van der Waals surface area (Å²) in [5, 5.41) is 11.0. The highest BCUT2D eigenvalue weighted by molar-refractivity contribution is 5.71. The second-order valence-corrected chi connectivity index (χ2v) is 11.2. The van der Waals surface area contributed by atoms with Gasteiger partial charge in [0.05, 0.1) is 21.1 Å². The van der Waals surface area contributed by atoms with E-state index in [1.165, 1.54) is 89.9 Å². The molecule has 5 nitrogen and oxygen atoms in total. The number of carbonyl (C=O) groups excluding carboxylic acids is 2. The van der Waals surface area contributed by atoms with Gasteiger partial charge in [0.25, 0.3) is 0 Å². The molecule has 0 spiro atoms. The number of esters is 1. The Kier molecular flexibility index (Phi) is 19.6. The van der Waals surface area contributed by atoms with Gasteiger partial charge in [0.1, 0.15) is 6.54 Å². The third-order valence-electron chi connectivity index (χ3n) is 6.26. The van der Waals surface area contributed by atoms with Gasteiger partial charge >= 0.3 is 5.97 Å². The number of carboxylic acids is 1. The number of carbonyl (C=O) groups is 2. The third kappa shape index (κ3) is 23.8. The summed E-state index contributed by atoms with van der Waals surface area (Å²) in [6.07, 6.45) is 20.8. The SMILES string of the molecule is CCCCCCCCCCCCCCCCCC(C)CC(=O)OC(CC(=O)[O-])C[N+](C)(C)C. The lowest BCUT2D eigenvalue weighted by molar-refractivity contribution is -0.873. The summed E-state index contributed by atoms with van der Waals surface area (Å²) in [6.45, 7) is 4.82. The monoisotopic (exact) mass is 469 g/mol. The topological polar surface area (TPSA) is 66.4 Å². The normalized spacial score (nSPS) is 13.6. The largest absolute Gasteiger partial charge is 0.550 e. The number of quaternary nitrogens is 1. The Balaban J connectivity index is 3.66. The molecule has 0 heterocycles. The fourth-order valence-corrected chi connectivity index (χ4v) is 4.42. The number of hydrogen-bond donors (Lipinski definition) is 0. The zero-order chi connectivity index (χ0) is 25.0. The molecule has 0 aromatic carbocycles. The highest BCUT2D eigenvalue weighted by Gasteiger charge is 2.23. The van der Waals surface area contributed by atoms with Crippen molar-refractivity contribution in [2.24, 2.45) is 5.92 Å². The van der Waals surface area contributed by atoms with Gasteiger partial charge in [-0.2, -0.15) is 0 Å². The minimum absolute atomic E-state index is 0.241. The maximum absolute atomic E-state index is 12.2. The zero-order valence-electron chi connectivity index (χ0n) is 22.7. The lowest BCUT2D eigenvalue weighted by Crippen LogP contribution is -2.45. The second kappa shape index (κ2) is 20.3. The molecule has 0 radical (unpaired) electrons. The third-order valence-corrected chi connectivity index (χ3v) is 6.26. The van der Waals surface area contributed by atoms with Gasteiger partial charge in [0.15, 0.2) is 6.10 Å². The number of likely N-dealkylation sites (N-methyl/N-ethyl adjacent to an activating group) is 1. The van der Waals surface area contributed by atoms with Crippen LogP contribution in [0.15, 0.2) is 0 Å². The molecule has 0 aliphatic rings. The molecule has 0 saturated carbocycles. The summed E-state index contributed by atoms with van der Waals surface area (Å²) < 4.78 is 6.00. The van der Waals surface area contributed by atoms with Crippen molar-refractivity contribution in [2.75, 3.05) is 27.7 Å². The van der Waals surface area contributed by atoms with Crippen LogP contribution in [0.2, 0.25) is 0 Å². The van der Waals surface area contributed by atoms with Crippen LogP contribution in [-0.4, -0.2) is 50.2 Å². The van der Waals surface area contributed by atoms with Gasteiger partial charge in [-0.05, 0) is 5.92 Å². The van der Waals surface area contributed by atoms with Crippen LogP contribution in [0.1, 0.15) is 129 Å². The molecule has 0 amide bonds. The number of hydrogen-bond acceptors (Lipinski definition) is 4. The van der Waals surface area contributed by atoms with E-state index in [2.05, 4.69) is 13.8 Å². The van der Waals surface area contributed by atoms with Crippen molar-refractivity contribution in [2.45, 2.75) is 136 Å². The average Bonchev–Trinajstić information content (AvgIpc) is 2.68. The van der Waals surface area contributed by atoms with E-state index in [0.717, 1.165) is 12.8 Å². The fraction of sp³-hybridized carbons (Fsp3) is 0.929. The predicted octanol–water partition coefficient (Wildman–Crippen LogP) is 6.03. The van der Waals surface area contributed by atoms with Gasteiger partial charge in [-0.25, -0.2) is 0 Å². The highest BCUT2D eigenvalue weighted by atomic mass is 16.5. The van der Waals surface area contributed by atoms with E-state index in [1.807, 2.05) is 21.1 Å². The summed E-state index contributed by atoms with van der Waals surface area (Å²) >= 11 is 0. The van der Waals surface area contributed by atoms with Crippen LogP contribution in [-0.2, 0) is 14.3 Å². The number of unbranched alkanes of at least 4 members (excludes halogenated alkanes) is 14. The number of ether oxygens (including phenoxy) is 1. The van der Waals surface area contributed by atoms with Crippen LogP contribution in [0.25, 0.3) is 0 Å². The fourth-order valence-electron chi connectivity index (χ4n) is 4.42. The van der Waals surface area contributed by atoms with Crippen molar-refractivity contribution in [3.8, 4) is 0 Å². The van der Waals surface area contributed by atoms with Crippen LogP contribution < -0.4 is 5.11 Å². The van der Waals surface area contributed by atoms with Crippen molar-refractivity contribution < 1.29 is 23.9 Å². The zero-order valence-corrected chi connectivity index (χ0v) is 22.7. The molecule has 0 aromatic rings. The average molecular weight is 470 g/mol. The molecular weight excluding hydrogens is 414 g/mol. The van der Waals surface area contributed by atoms with Crippen molar-refractivity contribution in [3.05, 3.63) is 0 Å². The summed E-state index contributed by atoms with van der Waals surface area (Å²) in [7, 11) is 5.86. The molecule has 2 atom stereocenters. The molecule has 0 aliphatic carbocycles. The molecule has 33 heavy (non-hydrogen) atoms. The molecule has 2 unspecified atom stereocenters. The number of rotatable bonds is 23. The smallest absolute Gasteiger partial charge is 0.306 e. The van der Waals surface area contributed by atoms with Crippen molar-refractivity contribution in [1.82, 2.24) is 0 Å². The van der Waals surface area contributed by atoms with Crippen LogP contribution in [0.5, 0.6) is 0 Å². The van der Waals surface area contributed by atoms with Crippen LogP contribution in [0.4, 0.5) is 0 Å². The van der Waals surface area contributed by atoms with Crippen LogP contribution in [0.3, 0.4) is 0 Å². The minimum Gasteiger partial charge on any atom is -0.550 e. The van der Waals surface area contributed by atoms with E-state index in [9.17, 15) is 14.7 Å². The van der Waals surface area contributed by atoms with Gasteiger partial charge in [-0.3, -0.25) is 4.79 Å². The van der Waals surface area contributed by atoms with E-state index in [4.69, 9.17) is 4.74 Å². The first-order valence-electron chi connectivity index (χ1n) is 13.8. The maximum atomic E-state index is 12.2. The first kappa shape index (κ1) is 31.9. The van der Waals surface area contributed by atoms with Crippen LogP contribution >= 0.6 is 0 Å². The van der Waals surface area contributed by atoms with Crippen LogP contribution in [0, 0.1) is 5.92 Å². The Hall–Kier alpha value is -1.10. The summed E-state index contributed by atoms with van der Waals surface area (Å²) in [5.74, 6) is -1.19. The molecule has 196 valence electrons. The summed E-state index contributed by atoms with van der Waals surface area (Å²) in [4.78, 5) is 23.2. The lowest BCUT2D eigenvalue weighted by Gasteiger charge is -2.29. The van der Waals surface area contributed by atoms with E-state index in [-0.39, 0.29) is 18.3 Å². The molecule has 0 saturated heterocycles. The highest BCUT2D eigenvalue weighted by Crippen LogP contribution is 2.17. The Morgan fingerprint density at radius 1 is 0.727 bits per heavy atom. The quantitative estimate of drug-likeness (QED) is 0.104. The minimum atomic E-state index is -1.17. The first-order valence-corrected chi connectivity index (χ1v) is 13.8. The maximum Gasteiger partial charge on any atom is 0.306 e. The Labute approximate surface area is 205 Å². The summed E-state index contributed by atoms with van der Waals surface area (Å²) in [6, 6.07) is 0. The first-order chi connectivity index (χ1) is 15.6. The molecule has 5 heteroatoms. The van der Waals surface area contributed by atoms with E-state index >= 15 is 0 Å². The Bertz CT molecular complexity index is 487. The Morgan fingerprint density at radius 3 is 1.55 bits per heavy atom. The molecule has 0 fully saturated rings. The molecular formula is C28H55NO4. The molecule has 0 rings (SSSR count). The molecule has 0 N–H and O–H groups in total. The second-order valence-electron chi connectivity index (χ2n) is 11.2. The Morgan fingerprint density at radius 2 is 1.15 bits per heavy atom. The van der Waals surface area contributed by atoms with E-state index in [1.54, 1.807) is 0 Å². The standard InChI is InChI=1S/C28H55NO4/c1-6-7-8-9-10-11-12-13-14-15-16-17-18-19-20-21-25(2)22-28(32)33-26(23-27(30)31)24-29(3,4)5/h25-26H,6-24H2,1-5H3. The molecule has 0 aromatic heterocycles. The van der Waals surface area contributed by atoms with E-state index < -0.39 is 12.1 Å². The van der Waals surface area contributed by atoms with Gasteiger partial charge in [-0.1, -0.05) is 117 Å². The van der Waals surface area contributed by atoms with Crippen molar-refractivity contribution >= 4 is 11.9 Å². The van der Waals surface area contributed by atoms with Crippen molar-refractivity contribution in [1.29, 1.82) is 0 Å². The van der Waals surface area contributed by atoms with Gasteiger partial charge in [0.2, 0.25) is 0 Å². The molecule has 0 bridgehead atoms.